The first-order chi connectivity index (χ1) is 13.3. The van der Waals surface area contributed by atoms with Gasteiger partial charge >= 0.3 is 0 Å². The van der Waals surface area contributed by atoms with Gasteiger partial charge in [-0.1, -0.05) is 36.4 Å². The largest absolute Gasteiger partial charge is 0.383 e. The molecule has 4 aromatic rings. The molecule has 0 saturated heterocycles. The summed E-state index contributed by atoms with van der Waals surface area (Å²) < 4.78 is 0. The second kappa shape index (κ2) is 8.24. The Bertz CT molecular complexity index is 1020. The first kappa shape index (κ1) is 17.6. The van der Waals surface area contributed by atoms with Gasteiger partial charge in [0.1, 0.15) is 11.7 Å². The molecular weight excluding hydrogens is 372 g/mol. The Hall–Kier alpha value is -2.83. The predicted molar refractivity (Wildman–Crippen MR) is 115 cm³/mol. The summed E-state index contributed by atoms with van der Waals surface area (Å²) in [6, 6.07) is 22.3. The van der Waals surface area contributed by atoms with Crippen LogP contribution >= 0.6 is 23.1 Å². The van der Waals surface area contributed by atoms with E-state index in [2.05, 4.69) is 27.1 Å². The van der Waals surface area contributed by atoms with Crippen LogP contribution in [0.15, 0.2) is 88.2 Å². The fourth-order valence-corrected chi connectivity index (χ4v) is 4.01. The van der Waals surface area contributed by atoms with Crippen LogP contribution in [0.5, 0.6) is 0 Å². The number of hydrogen-bond acceptors (Lipinski definition) is 4. The van der Waals surface area contributed by atoms with Crippen molar-refractivity contribution in [1.82, 2.24) is 9.97 Å². The molecular formula is C21H18N4S2. The molecule has 4 rings (SSSR count). The number of nitrogens with one attached hydrogen (secondary N) is 1. The van der Waals surface area contributed by atoms with Crippen LogP contribution in [-0.2, 0) is 5.75 Å². The second-order valence-electron chi connectivity index (χ2n) is 5.87. The van der Waals surface area contributed by atoms with Gasteiger partial charge in [0.2, 0.25) is 0 Å². The fraction of sp³-hybridized carbons (Fsp3) is 0.0476. The minimum absolute atomic E-state index is 0.541. The summed E-state index contributed by atoms with van der Waals surface area (Å²) in [5.41, 5.74) is 8.96. The van der Waals surface area contributed by atoms with Gasteiger partial charge in [-0.15, -0.1) is 23.1 Å². The highest BCUT2D eigenvalue weighted by molar-refractivity contribution is 7.98. The van der Waals surface area contributed by atoms with Crippen molar-refractivity contribution in [3.05, 3.63) is 89.0 Å². The number of benzene rings is 2. The third kappa shape index (κ3) is 4.48. The number of hydrogen-bond donors (Lipinski definition) is 2. The molecule has 0 atom stereocenters. The van der Waals surface area contributed by atoms with E-state index in [9.17, 15) is 0 Å². The van der Waals surface area contributed by atoms with E-state index in [1.807, 2.05) is 66.2 Å². The van der Waals surface area contributed by atoms with Crippen LogP contribution in [-0.4, -0.2) is 15.8 Å². The standard InChI is InChI=1S/C21H18N4S2/c22-21(19-7-4-12-26-19)24-16-10-8-15(9-11-16)18-13-23-20(25-18)14-27-17-5-2-1-3-6-17/h1-13H,14H2,(H2,22,24)(H,23,25). The Labute approximate surface area is 166 Å². The lowest BCUT2D eigenvalue weighted by Gasteiger charge is -2.01. The van der Waals surface area contributed by atoms with Crippen LogP contribution in [0.3, 0.4) is 0 Å². The first-order valence-corrected chi connectivity index (χ1v) is 10.3. The summed E-state index contributed by atoms with van der Waals surface area (Å²) in [5.74, 6) is 2.31. The smallest absolute Gasteiger partial charge is 0.141 e. The molecule has 0 aliphatic carbocycles. The summed E-state index contributed by atoms with van der Waals surface area (Å²) in [5, 5.41) is 1.99. The van der Waals surface area contributed by atoms with Crippen molar-refractivity contribution in [2.24, 2.45) is 10.7 Å². The first-order valence-electron chi connectivity index (χ1n) is 8.48. The molecule has 0 spiro atoms. The van der Waals surface area contributed by atoms with Crippen LogP contribution < -0.4 is 5.73 Å². The normalized spacial score (nSPS) is 11.6. The number of aliphatic imine (C=N–C) groups is 1. The Morgan fingerprint density at radius 3 is 2.59 bits per heavy atom. The van der Waals surface area contributed by atoms with Crippen molar-refractivity contribution in [2.75, 3.05) is 0 Å². The number of aromatic nitrogens is 2. The molecule has 6 heteroatoms. The van der Waals surface area contributed by atoms with E-state index in [1.165, 1.54) is 4.90 Å². The van der Waals surface area contributed by atoms with Gasteiger partial charge in [-0.25, -0.2) is 9.98 Å². The molecule has 0 saturated carbocycles. The van der Waals surface area contributed by atoms with Gasteiger partial charge in [0.15, 0.2) is 0 Å². The third-order valence-corrected chi connectivity index (χ3v) is 5.86. The van der Waals surface area contributed by atoms with Crippen molar-refractivity contribution in [1.29, 1.82) is 0 Å². The predicted octanol–water partition coefficient (Wildman–Crippen LogP) is 5.47. The quantitative estimate of drug-likeness (QED) is 0.261. The molecule has 2 heterocycles. The molecule has 0 bridgehead atoms. The highest BCUT2D eigenvalue weighted by Crippen LogP contribution is 2.25. The topological polar surface area (TPSA) is 67.1 Å². The molecule has 4 nitrogen and oxygen atoms in total. The Morgan fingerprint density at radius 1 is 1.04 bits per heavy atom. The van der Waals surface area contributed by atoms with Gasteiger partial charge in [-0.05, 0) is 41.3 Å². The maximum absolute atomic E-state index is 6.05. The molecule has 27 heavy (non-hydrogen) atoms. The molecule has 0 aliphatic heterocycles. The van der Waals surface area contributed by atoms with E-state index in [-0.39, 0.29) is 0 Å². The van der Waals surface area contributed by atoms with Gasteiger partial charge in [0.25, 0.3) is 0 Å². The van der Waals surface area contributed by atoms with E-state index in [0.717, 1.165) is 33.4 Å². The average Bonchev–Trinajstić information content (AvgIpc) is 3.40. The summed E-state index contributed by atoms with van der Waals surface area (Å²) >= 11 is 3.35. The van der Waals surface area contributed by atoms with E-state index in [1.54, 1.807) is 23.1 Å². The Kier molecular flexibility index (Phi) is 5.37. The van der Waals surface area contributed by atoms with E-state index in [4.69, 9.17) is 5.73 Å². The average molecular weight is 391 g/mol. The van der Waals surface area contributed by atoms with E-state index < -0.39 is 0 Å². The number of nitrogens with zero attached hydrogens (tertiary/aromatic N) is 2. The Morgan fingerprint density at radius 2 is 1.85 bits per heavy atom. The summed E-state index contributed by atoms with van der Waals surface area (Å²) in [4.78, 5) is 14.6. The number of rotatable bonds is 6. The molecule has 0 aliphatic rings. The maximum Gasteiger partial charge on any atom is 0.141 e. The second-order valence-corrected chi connectivity index (χ2v) is 7.86. The van der Waals surface area contributed by atoms with Gasteiger partial charge in [-0.3, -0.25) is 0 Å². The van der Waals surface area contributed by atoms with Crippen molar-refractivity contribution in [3.8, 4) is 11.3 Å². The minimum Gasteiger partial charge on any atom is -0.383 e. The lowest BCUT2D eigenvalue weighted by molar-refractivity contribution is 1.12. The molecule has 0 amide bonds. The summed E-state index contributed by atoms with van der Waals surface area (Å²) in [6.45, 7) is 0. The number of amidine groups is 1. The van der Waals surface area contributed by atoms with E-state index in [0.29, 0.717) is 5.84 Å². The Balaban J connectivity index is 1.43. The van der Waals surface area contributed by atoms with Crippen LogP contribution in [0.2, 0.25) is 0 Å². The molecule has 134 valence electrons. The van der Waals surface area contributed by atoms with Gasteiger partial charge in [0.05, 0.1) is 28.2 Å². The number of thioether (sulfide) groups is 1. The van der Waals surface area contributed by atoms with Gasteiger partial charge in [0, 0.05) is 4.90 Å². The molecule has 2 aromatic carbocycles. The zero-order valence-electron chi connectivity index (χ0n) is 14.5. The maximum atomic E-state index is 6.05. The summed E-state index contributed by atoms with van der Waals surface area (Å²) in [7, 11) is 0. The van der Waals surface area contributed by atoms with Crippen LogP contribution in [0.1, 0.15) is 10.7 Å². The lowest BCUT2D eigenvalue weighted by atomic mass is 10.1. The van der Waals surface area contributed by atoms with Crippen LogP contribution in [0.4, 0.5) is 5.69 Å². The number of imidazole rings is 1. The number of H-pyrrole nitrogens is 1. The molecule has 0 unspecified atom stereocenters. The molecule has 2 aromatic heterocycles. The number of nitrogens with two attached hydrogens (primary N) is 1. The van der Waals surface area contributed by atoms with Crippen molar-refractivity contribution in [3.63, 3.8) is 0 Å². The zero-order chi connectivity index (χ0) is 18.5. The molecule has 0 fully saturated rings. The number of thiophene rings is 1. The SMILES string of the molecule is NC(=Nc1ccc(-c2cnc(CSc3ccccc3)[nH]2)cc1)c1cccs1. The van der Waals surface area contributed by atoms with E-state index >= 15 is 0 Å². The fourth-order valence-electron chi connectivity index (χ4n) is 2.58. The third-order valence-electron chi connectivity index (χ3n) is 3.95. The van der Waals surface area contributed by atoms with Crippen LogP contribution in [0.25, 0.3) is 11.3 Å². The summed E-state index contributed by atoms with van der Waals surface area (Å²) in [6.07, 6.45) is 1.87. The lowest BCUT2D eigenvalue weighted by Crippen LogP contribution is -2.10. The van der Waals surface area contributed by atoms with Crippen molar-refractivity contribution < 1.29 is 0 Å². The molecule has 0 radical (unpaired) electrons. The molecule has 3 N–H and O–H groups in total. The van der Waals surface area contributed by atoms with Crippen molar-refractivity contribution >= 4 is 34.6 Å². The highest BCUT2D eigenvalue weighted by atomic mass is 32.2. The minimum atomic E-state index is 0.541. The van der Waals surface area contributed by atoms with Crippen molar-refractivity contribution in [2.45, 2.75) is 10.6 Å². The van der Waals surface area contributed by atoms with Gasteiger partial charge < -0.3 is 10.7 Å². The highest BCUT2D eigenvalue weighted by Gasteiger charge is 2.05. The van der Waals surface area contributed by atoms with Gasteiger partial charge in [-0.2, -0.15) is 0 Å². The monoisotopic (exact) mass is 390 g/mol. The zero-order valence-corrected chi connectivity index (χ0v) is 16.1. The number of aromatic amines is 1. The van der Waals surface area contributed by atoms with Crippen LogP contribution in [0, 0.1) is 0 Å².